The lowest BCUT2D eigenvalue weighted by Gasteiger charge is -2.11. The molecule has 0 atom stereocenters. The van der Waals surface area contributed by atoms with Gasteiger partial charge in [-0.15, -0.1) is 0 Å². The van der Waals surface area contributed by atoms with Crippen molar-refractivity contribution in [1.29, 1.82) is 0 Å². The molecule has 0 aliphatic heterocycles. The first-order valence-corrected chi connectivity index (χ1v) is 8.90. The predicted molar refractivity (Wildman–Crippen MR) is 99.1 cm³/mol. The van der Waals surface area contributed by atoms with Gasteiger partial charge >= 0.3 is 5.97 Å². The molecule has 0 saturated carbocycles. The quantitative estimate of drug-likeness (QED) is 0.294. The molecule has 25 heavy (non-hydrogen) atoms. The Morgan fingerprint density at radius 2 is 1.96 bits per heavy atom. The number of nitrogens with zero attached hydrogens (tertiary/aromatic N) is 1. The van der Waals surface area contributed by atoms with Gasteiger partial charge in [0.2, 0.25) is 0 Å². The molecular formula is C19H30FN3O2. The summed E-state index contributed by atoms with van der Waals surface area (Å²) in [4.78, 5) is 15.5. The second-order valence-corrected chi connectivity index (χ2v) is 5.95. The number of halogens is 1. The first-order valence-electron chi connectivity index (χ1n) is 8.90. The summed E-state index contributed by atoms with van der Waals surface area (Å²) in [6, 6.07) is 5.20. The highest BCUT2D eigenvalue weighted by Gasteiger charge is 2.02. The van der Waals surface area contributed by atoms with Crippen LogP contribution in [0.3, 0.4) is 0 Å². The van der Waals surface area contributed by atoms with Gasteiger partial charge in [-0.05, 0) is 43.9 Å². The zero-order valence-electron chi connectivity index (χ0n) is 15.5. The lowest BCUT2D eigenvalue weighted by Crippen LogP contribution is -2.37. The predicted octanol–water partition coefficient (Wildman–Crippen LogP) is 3.31. The third-order valence-corrected chi connectivity index (χ3v) is 3.83. The zero-order valence-corrected chi connectivity index (χ0v) is 15.5. The number of hydrogen-bond donors (Lipinski definition) is 2. The molecule has 0 spiro atoms. The van der Waals surface area contributed by atoms with Crippen LogP contribution in [0.15, 0.2) is 23.2 Å². The number of carbonyl (C=O) groups is 1. The fraction of sp³-hybridized carbons (Fsp3) is 0.579. The van der Waals surface area contributed by atoms with Gasteiger partial charge < -0.3 is 15.4 Å². The highest BCUT2D eigenvalue weighted by Crippen LogP contribution is 2.10. The molecule has 5 nitrogen and oxygen atoms in total. The Balaban J connectivity index is 2.31. The Kier molecular flexibility index (Phi) is 10.3. The van der Waals surface area contributed by atoms with Crippen LogP contribution < -0.4 is 10.6 Å². The molecular weight excluding hydrogens is 321 g/mol. The van der Waals surface area contributed by atoms with Crippen molar-refractivity contribution in [3.63, 3.8) is 0 Å². The molecule has 0 heterocycles. The Labute approximate surface area is 150 Å². The number of esters is 1. The number of ether oxygens (including phenoxy) is 1. The smallest absolute Gasteiger partial charge is 0.305 e. The summed E-state index contributed by atoms with van der Waals surface area (Å²) < 4.78 is 18.2. The molecule has 0 amide bonds. The van der Waals surface area contributed by atoms with E-state index in [1.54, 1.807) is 13.0 Å². The molecule has 0 bridgehead atoms. The van der Waals surface area contributed by atoms with Crippen molar-refractivity contribution in [2.24, 2.45) is 4.99 Å². The number of nitrogens with one attached hydrogen (secondary N) is 2. The number of hydrogen-bond acceptors (Lipinski definition) is 3. The number of methoxy groups -OCH3 is 1. The Morgan fingerprint density at radius 1 is 1.20 bits per heavy atom. The van der Waals surface area contributed by atoms with E-state index in [4.69, 9.17) is 0 Å². The normalized spacial score (nSPS) is 11.3. The van der Waals surface area contributed by atoms with E-state index in [1.807, 2.05) is 13.0 Å². The maximum Gasteiger partial charge on any atom is 0.305 e. The molecule has 0 radical (unpaired) electrons. The van der Waals surface area contributed by atoms with Gasteiger partial charge in [0.15, 0.2) is 5.96 Å². The summed E-state index contributed by atoms with van der Waals surface area (Å²) in [5.74, 6) is 0.392. The number of aryl methyl sites for hydroxylation is 1. The van der Waals surface area contributed by atoms with Crippen molar-refractivity contribution in [3.8, 4) is 0 Å². The van der Waals surface area contributed by atoms with E-state index < -0.39 is 0 Å². The van der Waals surface area contributed by atoms with Gasteiger partial charge in [0.05, 0.1) is 13.7 Å². The molecule has 140 valence electrons. The van der Waals surface area contributed by atoms with Crippen LogP contribution in [-0.4, -0.2) is 32.1 Å². The van der Waals surface area contributed by atoms with Gasteiger partial charge in [-0.2, -0.15) is 0 Å². The molecule has 1 rings (SSSR count). The Hall–Kier alpha value is -2.11. The fourth-order valence-electron chi connectivity index (χ4n) is 2.30. The zero-order chi connectivity index (χ0) is 18.5. The number of rotatable bonds is 10. The molecule has 0 aliphatic rings. The average molecular weight is 351 g/mol. The summed E-state index contributed by atoms with van der Waals surface area (Å²) in [7, 11) is 1.42. The summed E-state index contributed by atoms with van der Waals surface area (Å²) in [6.45, 7) is 5.78. The van der Waals surface area contributed by atoms with Crippen LogP contribution >= 0.6 is 0 Å². The molecule has 6 heteroatoms. The Morgan fingerprint density at radius 3 is 2.64 bits per heavy atom. The average Bonchev–Trinajstić information content (AvgIpc) is 2.61. The van der Waals surface area contributed by atoms with E-state index in [-0.39, 0.29) is 11.8 Å². The van der Waals surface area contributed by atoms with E-state index in [9.17, 15) is 9.18 Å². The van der Waals surface area contributed by atoms with E-state index in [0.717, 1.165) is 50.3 Å². The van der Waals surface area contributed by atoms with Crippen LogP contribution in [0, 0.1) is 12.7 Å². The second-order valence-electron chi connectivity index (χ2n) is 5.95. The topological polar surface area (TPSA) is 62.7 Å². The van der Waals surface area contributed by atoms with E-state index in [2.05, 4.69) is 20.4 Å². The Bertz CT molecular complexity index is 562. The number of guanidine groups is 1. The third-order valence-electron chi connectivity index (χ3n) is 3.83. The number of carbonyl (C=O) groups excluding carboxylic acids is 1. The maximum atomic E-state index is 13.6. The molecule has 0 aliphatic carbocycles. The molecule has 1 aromatic carbocycles. The summed E-state index contributed by atoms with van der Waals surface area (Å²) in [6.07, 6.45) is 4.41. The lowest BCUT2D eigenvalue weighted by molar-refractivity contribution is -0.140. The van der Waals surface area contributed by atoms with E-state index >= 15 is 0 Å². The largest absolute Gasteiger partial charge is 0.469 e. The molecule has 0 saturated heterocycles. The number of benzene rings is 1. The van der Waals surface area contributed by atoms with Crippen molar-refractivity contribution in [2.75, 3.05) is 20.2 Å². The van der Waals surface area contributed by atoms with Crippen molar-refractivity contribution < 1.29 is 13.9 Å². The molecule has 2 N–H and O–H groups in total. The van der Waals surface area contributed by atoms with Crippen LogP contribution in [0.5, 0.6) is 0 Å². The first-order chi connectivity index (χ1) is 12.1. The standard InChI is InChI=1S/C19H30FN3O2/c1-4-21-19(22-12-8-6-5-7-9-18(24)25-3)23-14-16-11-10-15(2)17(20)13-16/h10-11,13H,4-9,12,14H2,1-3H3,(H2,21,22,23). The number of unbranched alkanes of at least 4 members (excludes halogenated alkanes) is 3. The van der Waals surface area contributed by atoms with E-state index in [1.165, 1.54) is 13.2 Å². The maximum absolute atomic E-state index is 13.6. The van der Waals surface area contributed by atoms with E-state index in [0.29, 0.717) is 18.5 Å². The van der Waals surface area contributed by atoms with Crippen molar-refractivity contribution in [2.45, 2.75) is 52.5 Å². The fourth-order valence-corrected chi connectivity index (χ4v) is 2.30. The van der Waals surface area contributed by atoms with Crippen LogP contribution in [0.25, 0.3) is 0 Å². The van der Waals surface area contributed by atoms with Gasteiger partial charge in [-0.3, -0.25) is 4.79 Å². The summed E-state index contributed by atoms with van der Waals surface area (Å²) in [5, 5.41) is 6.47. The summed E-state index contributed by atoms with van der Waals surface area (Å²) >= 11 is 0. The van der Waals surface area contributed by atoms with Gasteiger partial charge in [0.25, 0.3) is 0 Å². The second kappa shape index (κ2) is 12.3. The van der Waals surface area contributed by atoms with Crippen molar-refractivity contribution in [1.82, 2.24) is 10.6 Å². The SMILES string of the molecule is CCNC(=NCc1ccc(C)c(F)c1)NCCCCCCC(=O)OC. The third kappa shape index (κ3) is 9.08. The molecule has 0 fully saturated rings. The highest BCUT2D eigenvalue weighted by atomic mass is 19.1. The minimum atomic E-state index is -0.197. The molecule has 1 aromatic rings. The van der Waals surface area contributed by atoms with Gasteiger partial charge in [-0.1, -0.05) is 25.0 Å². The van der Waals surface area contributed by atoms with Crippen LogP contribution in [0.1, 0.15) is 50.2 Å². The molecule has 0 unspecified atom stereocenters. The molecule has 0 aromatic heterocycles. The van der Waals surface area contributed by atoms with Crippen molar-refractivity contribution >= 4 is 11.9 Å². The summed E-state index contributed by atoms with van der Waals surface area (Å²) in [5.41, 5.74) is 1.49. The van der Waals surface area contributed by atoms with Gasteiger partial charge in [0, 0.05) is 19.5 Å². The van der Waals surface area contributed by atoms with Gasteiger partial charge in [-0.25, -0.2) is 9.38 Å². The number of aliphatic imine (C=N–C) groups is 1. The van der Waals surface area contributed by atoms with Gasteiger partial charge in [0.1, 0.15) is 5.82 Å². The lowest BCUT2D eigenvalue weighted by atomic mass is 10.1. The minimum Gasteiger partial charge on any atom is -0.469 e. The van der Waals surface area contributed by atoms with Crippen LogP contribution in [0.2, 0.25) is 0 Å². The van der Waals surface area contributed by atoms with Crippen LogP contribution in [-0.2, 0) is 16.1 Å². The van der Waals surface area contributed by atoms with Crippen LogP contribution in [0.4, 0.5) is 4.39 Å². The van der Waals surface area contributed by atoms with Crippen molar-refractivity contribution in [3.05, 3.63) is 35.1 Å². The highest BCUT2D eigenvalue weighted by molar-refractivity contribution is 5.79. The first kappa shape index (κ1) is 20.9. The monoisotopic (exact) mass is 351 g/mol. The minimum absolute atomic E-state index is 0.146.